The quantitative estimate of drug-likeness (QED) is 0.826. The molecule has 0 N–H and O–H groups in total. The van der Waals surface area contributed by atoms with E-state index in [1.165, 1.54) is 0 Å². The van der Waals surface area contributed by atoms with E-state index in [1.54, 1.807) is 0 Å². The second-order valence-electron chi connectivity index (χ2n) is 4.92. The van der Waals surface area contributed by atoms with Crippen molar-refractivity contribution in [2.75, 3.05) is 33.2 Å². The molecule has 18 heavy (non-hydrogen) atoms. The Morgan fingerprint density at radius 3 is 2.83 bits per heavy atom. The summed E-state index contributed by atoms with van der Waals surface area (Å²) in [6.07, 6.45) is 4.04. The van der Waals surface area contributed by atoms with Crippen LogP contribution in [0.25, 0.3) is 5.65 Å². The Morgan fingerprint density at radius 2 is 2.06 bits per heavy atom. The van der Waals surface area contributed by atoms with E-state index in [-0.39, 0.29) is 0 Å². The second kappa shape index (κ2) is 4.88. The first-order chi connectivity index (χ1) is 8.70. The third kappa shape index (κ3) is 2.51. The molecule has 96 valence electrons. The molecule has 0 aliphatic carbocycles. The van der Waals surface area contributed by atoms with E-state index in [0.29, 0.717) is 0 Å². The van der Waals surface area contributed by atoms with E-state index in [0.717, 1.165) is 49.1 Å². The Labute approximate surface area is 112 Å². The molecule has 3 heterocycles. The molecule has 0 bridgehead atoms. The zero-order chi connectivity index (χ0) is 12.5. The molecule has 1 aliphatic heterocycles. The van der Waals surface area contributed by atoms with Crippen molar-refractivity contribution in [1.29, 1.82) is 0 Å². The van der Waals surface area contributed by atoms with Gasteiger partial charge in [0.05, 0.1) is 5.69 Å². The number of aromatic nitrogens is 2. The summed E-state index contributed by atoms with van der Waals surface area (Å²) in [5.74, 6) is 0. The van der Waals surface area contributed by atoms with Gasteiger partial charge in [0.1, 0.15) is 5.65 Å². The first-order valence-corrected chi connectivity index (χ1v) is 6.62. The summed E-state index contributed by atoms with van der Waals surface area (Å²) in [5, 5.41) is 0.735. The number of likely N-dealkylation sites (N-methyl/N-ethyl adjacent to an activating group) is 1. The summed E-state index contributed by atoms with van der Waals surface area (Å²) in [6.45, 7) is 5.43. The lowest BCUT2D eigenvalue weighted by Crippen LogP contribution is -2.43. The Hall–Kier alpha value is -1.10. The molecule has 4 nitrogen and oxygen atoms in total. The number of hydrogen-bond donors (Lipinski definition) is 0. The van der Waals surface area contributed by atoms with E-state index >= 15 is 0 Å². The smallest absolute Gasteiger partial charge is 0.138 e. The van der Waals surface area contributed by atoms with Crippen LogP contribution in [-0.4, -0.2) is 52.4 Å². The fraction of sp³-hybridized carbons (Fsp3) is 0.462. The van der Waals surface area contributed by atoms with Gasteiger partial charge in [-0.05, 0) is 19.2 Å². The molecule has 5 heteroatoms. The van der Waals surface area contributed by atoms with Gasteiger partial charge in [0.2, 0.25) is 0 Å². The van der Waals surface area contributed by atoms with Gasteiger partial charge in [0, 0.05) is 50.1 Å². The number of fused-ring (bicyclic) bond motifs is 1. The third-order valence-electron chi connectivity index (χ3n) is 3.45. The molecule has 0 amide bonds. The molecule has 0 spiro atoms. The fourth-order valence-electron chi connectivity index (χ4n) is 2.32. The van der Waals surface area contributed by atoms with Gasteiger partial charge >= 0.3 is 0 Å². The van der Waals surface area contributed by atoms with Crippen LogP contribution in [0.1, 0.15) is 5.69 Å². The number of nitrogens with zero attached hydrogens (tertiary/aromatic N) is 4. The van der Waals surface area contributed by atoms with Crippen molar-refractivity contribution in [3.8, 4) is 0 Å². The average Bonchev–Trinajstić information content (AvgIpc) is 2.73. The predicted octanol–water partition coefficient (Wildman–Crippen LogP) is 1.74. The van der Waals surface area contributed by atoms with Gasteiger partial charge in [-0.3, -0.25) is 4.90 Å². The number of halogens is 1. The largest absolute Gasteiger partial charge is 0.307 e. The molecule has 2 aromatic rings. The molecular weight excluding hydrogens is 248 g/mol. The Kier molecular flexibility index (Phi) is 3.24. The van der Waals surface area contributed by atoms with Crippen LogP contribution in [0.2, 0.25) is 5.02 Å². The Bertz CT molecular complexity index is 543. The van der Waals surface area contributed by atoms with E-state index in [2.05, 4.69) is 28.0 Å². The van der Waals surface area contributed by atoms with Gasteiger partial charge in [-0.2, -0.15) is 0 Å². The highest BCUT2D eigenvalue weighted by molar-refractivity contribution is 6.30. The van der Waals surface area contributed by atoms with E-state index in [1.807, 2.05) is 22.7 Å². The number of rotatable bonds is 2. The molecule has 0 unspecified atom stereocenters. The molecule has 3 rings (SSSR count). The van der Waals surface area contributed by atoms with Crippen LogP contribution in [0.3, 0.4) is 0 Å². The third-order valence-corrected chi connectivity index (χ3v) is 3.69. The summed E-state index contributed by atoms with van der Waals surface area (Å²) >= 11 is 5.97. The van der Waals surface area contributed by atoms with Crippen LogP contribution in [0.5, 0.6) is 0 Å². The predicted molar refractivity (Wildman–Crippen MR) is 73.0 cm³/mol. The highest BCUT2D eigenvalue weighted by Gasteiger charge is 2.15. The molecule has 1 aliphatic rings. The van der Waals surface area contributed by atoms with Crippen molar-refractivity contribution >= 4 is 17.2 Å². The van der Waals surface area contributed by atoms with Crippen LogP contribution in [-0.2, 0) is 6.54 Å². The van der Waals surface area contributed by atoms with Crippen molar-refractivity contribution in [1.82, 2.24) is 19.2 Å². The van der Waals surface area contributed by atoms with Gasteiger partial charge in [0.25, 0.3) is 0 Å². The van der Waals surface area contributed by atoms with Crippen LogP contribution in [0.15, 0.2) is 24.5 Å². The lowest BCUT2D eigenvalue weighted by atomic mass is 10.3. The minimum atomic E-state index is 0.735. The molecule has 0 aromatic carbocycles. The zero-order valence-corrected chi connectivity index (χ0v) is 11.3. The van der Waals surface area contributed by atoms with Gasteiger partial charge in [-0.1, -0.05) is 11.6 Å². The lowest BCUT2D eigenvalue weighted by Gasteiger charge is -2.31. The number of imidazole rings is 1. The van der Waals surface area contributed by atoms with Crippen LogP contribution >= 0.6 is 11.6 Å². The highest BCUT2D eigenvalue weighted by atomic mass is 35.5. The zero-order valence-electron chi connectivity index (χ0n) is 10.5. The van der Waals surface area contributed by atoms with Crippen molar-refractivity contribution in [2.45, 2.75) is 6.54 Å². The normalized spacial score (nSPS) is 18.6. The summed E-state index contributed by atoms with van der Waals surface area (Å²) in [7, 11) is 2.17. The van der Waals surface area contributed by atoms with E-state index < -0.39 is 0 Å². The van der Waals surface area contributed by atoms with Gasteiger partial charge in [-0.15, -0.1) is 0 Å². The number of piperazine rings is 1. The summed E-state index contributed by atoms with van der Waals surface area (Å²) < 4.78 is 2.03. The maximum Gasteiger partial charge on any atom is 0.138 e. The van der Waals surface area contributed by atoms with E-state index in [9.17, 15) is 0 Å². The first-order valence-electron chi connectivity index (χ1n) is 6.25. The van der Waals surface area contributed by atoms with Crippen molar-refractivity contribution in [3.05, 3.63) is 35.2 Å². The monoisotopic (exact) mass is 264 g/mol. The number of pyridine rings is 1. The van der Waals surface area contributed by atoms with E-state index in [4.69, 9.17) is 11.6 Å². The van der Waals surface area contributed by atoms with Crippen LogP contribution in [0.4, 0.5) is 0 Å². The summed E-state index contributed by atoms with van der Waals surface area (Å²) in [4.78, 5) is 9.42. The Morgan fingerprint density at radius 1 is 1.28 bits per heavy atom. The maximum absolute atomic E-state index is 5.97. The Balaban J connectivity index is 1.74. The van der Waals surface area contributed by atoms with Crippen LogP contribution < -0.4 is 0 Å². The molecule has 0 saturated carbocycles. The molecule has 0 atom stereocenters. The topological polar surface area (TPSA) is 23.8 Å². The highest BCUT2D eigenvalue weighted by Crippen LogP contribution is 2.14. The SMILES string of the molecule is CN1CCN(Cc2cn3ccc(Cl)cc3n2)CC1. The first kappa shape index (κ1) is 12.0. The minimum Gasteiger partial charge on any atom is -0.307 e. The van der Waals surface area contributed by atoms with Crippen molar-refractivity contribution < 1.29 is 0 Å². The van der Waals surface area contributed by atoms with Crippen LogP contribution in [0, 0.1) is 0 Å². The second-order valence-corrected chi connectivity index (χ2v) is 5.36. The number of hydrogen-bond acceptors (Lipinski definition) is 3. The van der Waals surface area contributed by atoms with Crippen molar-refractivity contribution in [2.24, 2.45) is 0 Å². The van der Waals surface area contributed by atoms with Gasteiger partial charge in [-0.25, -0.2) is 4.98 Å². The molecule has 0 radical (unpaired) electrons. The fourth-order valence-corrected chi connectivity index (χ4v) is 2.47. The minimum absolute atomic E-state index is 0.735. The lowest BCUT2D eigenvalue weighted by molar-refractivity contribution is 0.147. The summed E-state index contributed by atoms with van der Waals surface area (Å²) in [5.41, 5.74) is 2.04. The molecule has 1 fully saturated rings. The van der Waals surface area contributed by atoms with Crippen molar-refractivity contribution in [3.63, 3.8) is 0 Å². The van der Waals surface area contributed by atoms with Gasteiger partial charge in [0.15, 0.2) is 0 Å². The molecule has 1 saturated heterocycles. The molecule has 2 aromatic heterocycles. The molecular formula is C13H17ClN4. The maximum atomic E-state index is 5.97. The van der Waals surface area contributed by atoms with Gasteiger partial charge < -0.3 is 9.30 Å². The standard InChI is InChI=1S/C13H17ClN4/c1-16-4-6-17(7-5-16)9-12-10-18-3-2-11(14)8-13(18)15-12/h2-3,8,10H,4-7,9H2,1H3. The average molecular weight is 265 g/mol. The summed E-state index contributed by atoms with van der Waals surface area (Å²) in [6, 6.07) is 3.78.